The lowest BCUT2D eigenvalue weighted by Gasteiger charge is -2.31. The number of sulfonamides is 1. The van der Waals surface area contributed by atoms with Crippen molar-refractivity contribution in [1.29, 1.82) is 0 Å². The molecule has 1 aliphatic heterocycles. The van der Waals surface area contributed by atoms with E-state index in [9.17, 15) is 8.42 Å². The van der Waals surface area contributed by atoms with Crippen molar-refractivity contribution in [2.24, 2.45) is 0 Å². The highest BCUT2D eigenvalue weighted by molar-refractivity contribution is 7.89. The second-order valence-corrected chi connectivity index (χ2v) is 6.53. The number of rotatable bonds is 2. The van der Waals surface area contributed by atoms with Gasteiger partial charge in [0.05, 0.1) is 11.9 Å². The van der Waals surface area contributed by atoms with Gasteiger partial charge in [0.1, 0.15) is 10.0 Å². The molecule has 1 fully saturated rings. The van der Waals surface area contributed by atoms with Gasteiger partial charge in [-0.25, -0.2) is 13.4 Å². The van der Waals surface area contributed by atoms with Crippen LogP contribution in [-0.4, -0.2) is 55.8 Å². The molecule has 0 unspecified atom stereocenters. The minimum Gasteiger partial charge on any atom is -0.397 e. The molecule has 0 aliphatic carbocycles. The van der Waals surface area contributed by atoms with E-state index < -0.39 is 10.0 Å². The number of hydrogen-bond acceptors (Lipinski definition) is 5. The predicted octanol–water partition coefficient (Wildman–Crippen LogP) is 0.253. The van der Waals surface area contributed by atoms with Gasteiger partial charge in [-0.3, -0.25) is 0 Å². The summed E-state index contributed by atoms with van der Waals surface area (Å²) in [5.74, 6) is 0. The lowest BCUT2D eigenvalue weighted by molar-refractivity contribution is 0.222. The molecule has 0 atom stereocenters. The molecule has 6 nitrogen and oxygen atoms in total. The Labute approximate surface area is 111 Å². The van der Waals surface area contributed by atoms with Crippen molar-refractivity contribution in [2.75, 3.05) is 39.0 Å². The Kier molecular flexibility index (Phi) is 3.76. The van der Waals surface area contributed by atoms with Crippen molar-refractivity contribution < 1.29 is 8.42 Å². The summed E-state index contributed by atoms with van der Waals surface area (Å²) < 4.78 is 26.2. The Balaban J connectivity index is 2.33. The lowest BCUT2D eigenvalue weighted by atomic mass is 10.4. The molecule has 18 heavy (non-hydrogen) atoms. The highest BCUT2D eigenvalue weighted by Gasteiger charge is 2.29. The maximum Gasteiger partial charge on any atom is 0.246 e. The van der Waals surface area contributed by atoms with Gasteiger partial charge in [-0.2, -0.15) is 4.31 Å². The third-order valence-electron chi connectivity index (χ3n) is 2.91. The van der Waals surface area contributed by atoms with Gasteiger partial charge in [0.25, 0.3) is 0 Å². The van der Waals surface area contributed by atoms with Crippen molar-refractivity contribution in [2.45, 2.75) is 4.90 Å². The lowest BCUT2D eigenvalue weighted by Crippen LogP contribution is -2.47. The van der Waals surface area contributed by atoms with Crippen molar-refractivity contribution in [1.82, 2.24) is 14.2 Å². The number of nitrogens with two attached hydrogens (primary N) is 1. The van der Waals surface area contributed by atoms with Gasteiger partial charge in [-0.05, 0) is 13.1 Å². The van der Waals surface area contributed by atoms with Crippen molar-refractivity contribution >= 4 is 27.3 Å². The van der Waals surface area contributed by atoms with E-state index in [2.05, 4.69) is 9.88 Å². The molecular weight excluding hydrogens is 276 g/mol. The maximum atomic E-state index is 12.4. The first-order chi connectivity index (χ1) is 8.41. The number of nitrogen functional groups attached to an aromatic ring is 1. The second-order valence-electron chi connectivity index (χ2n) is 4.26. The van der Waals surface area contributed by atoms with E-state index in [0.29, 0.717) is 26.2 Å². The smallest absolute Gasteiger partial charge is 0.246 e. The molecule has 2 N–H and O–H groups in total. The molecule has 0 aromatic carbocycles. The van der Waals surface area contributed by atoms with Gasteiger partial charge in [0.2, 0.25) is 10.0 Å². The van der Waals surface area contributed by atoms with Crippen LogP contribution < -0.4 is 5.73 Å². The average Bonchev–Trinajstić information content (AvgIpc) is 2.32. The highest BCUT2D eigenvalue weighted by Crippen LogP contribution is 2.25. The summed E-state index contributed by atoms with van der Waals surface area (Å²) in [5, 5.41) is -0.0388. The number of halogens is 1. The Morgan fingerprint density at radius 1 is 1.33 bits per heavy atom. The number of aromatic nitrogens is 1. The zero-order valence-electron chi connectivity index (χ0n) is 10.0. The normalized spacial score (nSPS) is 19.0. The van der Waals surface area contributed by atoms with Crippen molar-refractivity contribution in [3.05, 3.63) is 17.4 Å². The molecule has 1 aromatic heterocycles. The number of pyridine rings is 1. The van der Waals surface area contributed by atoms with E-state index in [-0.39, 0.29) is 15.7 Å². The summed E-state index contributed by atoms with van der Waals surface area (Å²) in [4.78, 5) is 5.83. The van der Waals surface area contributed by atoms with Crippen LogP contribution in [0, 0.1) is 0 Å². The third kappa shape index (κ3) is 2.59. The maximum absolute atomic E-state index is 12.4. The molecule has 1 aliphatic rings. The van der Waals surface area contributed by atoms with Crippen LogP contribution in [0.3, 0.4) is 0 Å². The zero-order chi connectivity index (χ0) is 13.3. The summed E-state index contributed by atoms with van der Waals surface area (Å²) in [5.41, 5.74) is 5.85. The first kappa shape index (κ1) is 13.5. The van der Waals surface area contributed by atoms with E-state index >= 15 is 0 Å². The highest BCUT2D eigenvalue weighted by atomic mass is 35.5. The zero-order valence-corrected chi connectivity index (χ0v) is 11.6. The molecule has 0 amide bonds. The van der Waals surface area contributed by atoms with Gasteiger partial charge in [0.15, 0.2) is 0 Å². The molecule has 1 aromatic rings. The fourth-order valence-electron chi connectivity index (χ4n) is 1.79. The number of nitrogens with zero attached hydrogens (tertiary/aromatic N) is 3. The summed E-state index contributed by atoms with van der Waals surface area (Å²) >= 11 is 5.85. The summed E-state index contributed by atoms with van der Waals surface area (Å²) in [6, 6.07) is 1.35. The molecule has 0 saturated carbocycles. The standard InChI is InChI=1S/C10H15ClN4O2S/c1-14-2-4-15(5-3-14)18(16,17)9-6-8(12)7-13-10(9)11/h6-7H,2-5,12H2,1H3. The monoisotopic (exact) mass is 290 g/mol. The van der Waals surface area contributed by atoms with Crippen molar-refractivity contribution in [3.8, 4) is 0 Å². The molecule has 100 valence electrons. The Bertz CT molecular complexity index is 541. The predicted molar refractivity (Wildman–Crippen MR) is 69.9 cm³/mol. The summed E-state index contributed by atoms with van der Waals surface area (Å²) in [6.07, 6.45) is 1.34. The van der Waals surface area contributed by atoms with Crippen LogP contribution in [0.5, 0.6) is 0 Å². The average molecular weight is 291 g/mol. The second kappa shape index (κ2) is 5.00. The molecule has 0 radical (unpaired) electrons. The van der Waals surface area contributed by atoms with Crippen LogP contribution >= 0.6 is 11.6 Å². The molecule has 2 heterocycles. The van der Waals surface area contributed by atoms with Crippen LogP contribution in [-0.2, 0) is 10.0 Å². The van der Waals surface area contributed by atoms with Gasteiger partial charge in [-0.1, -0.05) is 11.6 Å². The van der Waals surface area contributed by atoms with Crippen LogP contribution in [0.15, 0.2) is 17.2 Å². The van der Waals surface area contributed by atoms with E-state index in [0.717, 1.165) is 0 Å². The van der Waals surface area contributed by atoms with Gasteiger partial charge in [0, 0.05) is 26.2 Å². The van der Waals surface area contributed by atoms with E-state index in [1.165, 1.54) is 16.6 Å². The number of anilines is 1. The number of likely N-dealkylation sites (N-methyl/N-ethyl adjacent to an activating group) is 1. The molecule has 1 saturated heterocycles. The van der Waals surface area contributed by atoms with E-state index in [4.69, 9.17) is 17.3 Å². The topological polar surface area (TPSA) is 79.5 Å². The molecular formula is C10H15ClN4O2S. The van der Waals surface area contributed by atoms with Gasteiger partial charge in [-0.15, -0.1) is 0 Å². The van der Waals surface area contributed by atoms with Gasteiger partial charge >= 0.3 is 0 Å². The van der Waals surface area contributed by atoms with Crippen molar-refractivity contribution in [3.63, 3.8) is 0 Å². The first-order valence-electron chi connectivity index (χ1n) is 5.51. The molecule has 2 rings (SSSR count). The fourth-order valence-corrected chi connectivity index (χ4v) is 3.66. The van der Waals surface area contributed by atoms with E-state index in [1.54, 1.807) is 0 Å². The fraction of sp³-hybridized carbons (Fsp3) is 0.500. The largest absolute Gasteiger partial charge is 0.397 e. The first-order valence-corrected chi connectivity index (χ1v) is 7.33. The van der Waals surface area contributed by atoms with Crippen LogP contribution in [0.25, 0.3) is 0 Å². The Morgan fingerprint density at radius 2 is 1.94 bits per heavy atom. The van der Waals surface area contributed by atoms with E-state index in [1.807, 2.05) is 7.05 Å². The van der Waals surface area contributed by atoms with Gasteiger partial charge < -0.3 is 10.6 Å². The molecule has 8 heteroatoms. The minimum absolute atomic E-state index is 0.0197. The van der Waals surface area contributed by atoms with Crippen LogP contribution in [0.2, 0.25) is 5.15 Å². The van der Waals surface area contributed by atoms with Crippen LogP contribution in [0.4, 0.5) is 5.69 Å². The Hall–Kier alpha value is -0.890. The number of hydrogen-bond donors (Lipinski definition) is 1. The summed E-state index contributed by atoms with van der Waals surface area (Å²) in [6.45, 7) is 2.30. The van der Waals surface area contributed by atoms with Crippen LogP contribution in [0.1, 0.15) is 0 Å². The minimum atomic E-state index is -3.61. The SMILES string of the molecule is CN1CCN(S(=O)(=O)c2cc(N)cnc2Cl)CC1. The summed E-state index contributed by atoms with van der Waals surface area (Å²) in [7, 11) is -1.65. The molecule has 0 spiro atoms. The quantitative estimate of drug-likeness (QED) is 0.790. The molecule has 0 bridgehead atoms. The third-order valence-corrected chi connectivity index (χ3v) is 5.23. The Morgan fingerprint density at radius 3 is 2.56 bits per heavy atom. The number of piperazine rings is 1.